The number of para-hydroxylation sites is 2. The van der Waals surface area contributed by atoms with E-state index in [1.165, 1.54) is 19.2 Å². The number of amides is 1. The molecule has 2 heterocycles. The van der Waals surface area contributed by atoms with Crippen LogP contribution >= 0.6 is 0 Å². The highest BCUT2D eigenvalue weighted by molar-refractivity contribution is 5.83. The summed E-state index contributed by atoms with van der Waals surface area (Å²) in [4.78, 5) is 29.0. The number of nitrogens with zero attached hydrogens (tertiary/aromatic N) is 2. The van der Waals surface area contributed by atoms with E-state index in [1.807, 2.05) is 6.07 Å². The maximum atomic E-state index is 13.3. The maximum Gasteiger partial charge on any atom is 0.409 e. The fraction of sp³-hybridized carbons (Fsp3) is 0.360. The van der Waals surface area contributed by atoms with Gasteiger partial charge in [0.25, 0.3) is 0 Å². The van der Waals surface area contributed by atoms with E-state index in [4.69, 9.17) is 18.6 Å². The summed E-state index contributed by atoms with van der Waals surface area (Å²) in [6.07, 6.45) is -0.320. The van der Waals surface area contributed by atoms with Crippen LogP contribution in [0.3, 0.4) is 0 Å². The van der Waals surface area contributed by atoms with Crippen LogP contribution in [0, 0.1) is 6.92 Å². The molecule has 1 N–H and O–H groups in total. The lowest BCUT2D eigenvalue weighted by atomic mass is 10.1. The first-order valence-electron chi connectivity index (χ1n) is 11.2. The van der Waals surface area contributed by atoms with Crippen molar-refractivity contribution in [3.63, 3.8) is 0 Å². The highest BCUT2D eigenvalue weighted by Gasteiger charge is 2.25. The number of phenolic OH excluding ortho intramolecular Hbond substituents is 1. The van der Waals surface area contributed by atoms with E-state index < -0.39 is 0 Å². The minimum atomic E-state index is -0.335. The summed E-state index contributed by atoms with van der Waals surface area (Å²) in [5.74, 6) is 1.30. The van der Waals surface area contributed by atoms with Gasteiger partial charge in [0, 0.05) is 32.7 Å². The predicted molar refractivity (Wildman–Crippen MR) is 126 cm³/mol. The molecule has 1 fully saturated rings. The summed E-state index contributed by atoms with van der Waals surface area (Å²) in [5.41, 5.74) is 0.506. The summed E-state index contributed by atoms with van der Waals surface area (Å²) in [7, 11) is 1.53. The standard InChI is InChI=1S/C25H28N2O7/c1-4-32-25(30)27-13-11-26(12-14-27)15-18-19(28)10-9-17-22(29)23(16(2)33-24(17)18)34-21-8-6-5-7-20(21)31-3/h5-10,28H,4,11-15H2,1-3H3. The zero-order valence-corrected chi connectivity index (χ0v) is 19.5. The van der Waals surface area contributed by atoms with Crippen molar-refractivity contribution in [3.05, 3.63) is 57.9 Å². The molecule has 1 aliphatic heterocycles. The molecule has 1 amide bonds. The number of aryl methyl sites for hydroxylation is 1. The van der Waals surface area contributed by atoms with Crippen molar-refractivity contribution in [2.45, 2.75) is 20.4 Å². The number of phenols is 1. The fourth-order valence-corrected chi connectivity index (χ4v) is 4.01. The number of fused-ring (bicyclic) bond motifs is 1. The highest BCUT2D eigenvalue weighted by Crippen LogP contribution is 2.34. The summed E-state index contributed by atoms with van der Waals surface area (Å²) in [6, 6.07) is 10.1. The molecular formula is C25H28N2O7. The molecule has 4 rings (SSSR count). The van der Waals surface area contributed by atoms with Crippen molar-refractivity contribution in [1.29, 1.82) is 0 Å². The van der Waals surface area contributed by atoms with Crippen molar-refractivity contribution in [1.82, 2.24) is 9.80 Å². The first-order chi connectivity index (χ1) is 16.4. The Bertz CT molecular complexity index is 1250. The lowest BCUT2D eigenvalue weighted by molar-refractivity contribution is 0.0776. The van der Waals surface area contributed by atoms with Crippen molar-refractivity contribution in [2.24, 2.45) is 0 Å². The van der Waals surface area contributed by atoms with Crippen LogP contribution in [0.5, 0.6) is 23.0 Å². The Kier molecular flexibility index (Phi) is 6.93. The van der Waals surface area contributed by atoms with Gasteiger partial charge >= 0.3 is 6.09 Å². The van der Waals surface area contributed by atoms with Gasteiger partial charge in [-0.25, -0.2) is 4.79 Å². The minimum absolute atomic E-state index is 0.0428. The molecule has 1 aliphatic rings. The second-order valence-corrected chi connectivity index (χ2v) is 7.97. The van der Waals surface area contributed by atoms with Crippen LogP contribution in [0.2, 0.25) is 0 Å². The number of carbonyl (C=O) groups is 1. The third-order valence-electron chi connectivity index (χ3n) is 5.82. The van der Waals surface area contributed by atoms with Gasteiger partial charge < -0.3 is 28.6 Å². The summed E-state index contributed by atoms with van der Waals surface area (Å²) >= 11 is 0. The first-order valence-corrected chi connectivity index (χ1v) is 11.2. The first kappa shape index (κ1) is 23.4. The lowest BCUT2D eigenvalue weighted by Gasteiger charge is -2.34. The van der Waals surface area contributed by atoms with Gasteiger partial charge in [0.05, 0.1) is 24.7 Å². The van der Waals surface area contributed by atoms with Crippen LogP contribution in [0.4, 0.5) is 4.79 Å². The van der Waals surface area contributed by atoms with E-state index in [9.17, 15) is 14.7 Å². The number of piperazine rings is 1. The quantitative estimate of drug-likeness (QED) is 0.582. The van der Waals surface area contributed by atoms with Gasteiger partial charge in [-0.15, -0.1) is 0 Å². The Labute approximate surface area is 197 Å². The van der Waals surface area contributed by atoms with Gasteiger partial charge in [-0.1, -0.05) is 12.1 Å². The average molecular weight is 469 g/mol. The topological polar surface area (TPSA) is 102 Å². The summed E-state index contributed by atoms with van der Waals surface area (Å²) in [5, 5.41) is 10.9. The second-order valence-electron chi connectivity index (χ2n) is 7.97. The smallest absolute Gasteiger partial charge is 0.409 e. The van der Waals surface area contributed by atoms with E-state index in [-0.39, 0.29) is 23.0 Å². The number of aromatic hydroxyl groups is 1. The molecule has 0 unspecified atom stereocenters. The van der Waals surface area contributed by atoms with E-state index in [2.05, 4.69) is 4.90 Å². The molecule has 34 heavy (non-hydrogen) atoms. The summed E-state index contributed by atoms with van der Waals surface area (Å²) in [6.45, 7) is 6.38. The van der Waals surface area contributed by atoms with Gasteiger partial charge in [-0.05, 0) is 38.1 Å². The fourth-order valence-electron chi connectivity index (χ4n) is 4.01. The van der Waals surface area contributed by atoms with Crippen LogP contribution in [-0.2, 0) is 11.3 Å². The number of carbonyl (C=O) groups excluding carboxylic acids is 1. The molecule has 3 aromatic rings. The minimum Gasteiger partial charge on any atom is -0.507 e. The van der Waals surface area contributed by atoms with E-state index in [1.54, 1.807) is 36.9 Å². The average Bonchev–Trinajstić information content (AvgIpc) is 2.84. The van der Waals surface area contributed by atoms with E-state index >= 15 is 0 Å². The molecule has 1 aromatic heterocycles. The van der Waals surface area contributed by atoms with Gasteiger partial charge in [0.15, 0.2) is 11.5 Å². The molecule has 1 saturated heterocycles. The third kappa shape index (κ3) is 4.65. The molecule has 0 radical (unpaired) electrons. The molecule has 0 spiro atoms. The molecule has 0 aliphatic carbocycles. The Morgan fingerprint density at radius 1 is 1.09 bits per heavy atom. The van der Waals surface area contributed by atoms with Gasteiger partial charge in [-0.3, -0.25) is 9.69 Å². The third-order valence-corrected chi connectivity index (χ3v) is 5.82. The zero-order chi connectivity index (χ0) is 24.2. The van der Waals surface area contributed by atoms with Crippen molar-refractivity contribution < 1.29 is 28.5 Å². The number of methoxy groups -OCH3 is 1. The SMILES string of the molecule is CCOC(=O)N1CCN(Cc2c(O)ccc3c(=O)c(Oc4ccccc4OC)c(C)oc23)CC1. The molecule has 0 atom stereocenters. The van der Waals surface area contributed by atoms with E-state index in [0.29, 0.717) is 73.1 Å². The number of hydrogen-bond donors (Lipinski definition) is 1. The Morgan fingerprint density at radius 3 is 2.47 bits per heavy atom. The molecule has 0 saturated carbocycles. The van der Waals surface area contributed by atoms with Crippen LogP contribution < -0.4 is 14.9 Å². The summed E-state index contributed by atoms with van der Waals surface area (Å²) < 4.78 is 22.3. The van der Waals surface area contributed by atoms with Crippen LogP contribution in [0.15, 0.2) is 45.6 Å². The maximum absolute atomic E-state index is 13.3. The van der Waals surface area contributed by atoms with Gasteiger partial charge in [0.2, 0.25) is 11.2 Å². The second kappa shape index (κ2) is 10.0. The van der Waals surface area contributed by atoms with Gasteiger partial charge in [-0.2, -0.15) is 0 Å². The predicted octanol–water partition coefficient (Wildman–Crippen LogP) is 3.88. The zero-order valence-electron chi connectivity index (χ0n) is 19.5. The molecule has 9 heteroatoms. The largest absolute Gasteiger partial charge is 0.507 e. The molecule has 180 valence electrons. The lowest BCUT2D eigenvalue weighted by Crippen LogP contribution is -2.48. The Morgan fingerprint density at radius 2 is 1.79 bits per heavy atom. The highest BCUT2D eigenvalue weighted by atomic mass is 16.6. The number of ether oxygens (including phenoxy) is 3. The van der Waals surface area contributed by atoms with Crippen molar-refractivity contribution in [2.75, 3.05) is 39.9 Å². The molecule has 0 bridgehead atoms. The van der Waals surface area contributed by atoms with Crippen LogP contribution in [0.25, 0.3) is 11.0 Å². The van der Waals surface area contributed by atoms with Crippen LogP contribution in [-0.4, -0.2) is 60.9 Å². The number of benzene rings is 2. The number of hydrogen-bond acceptors (Lipinski definition) is 8. The molecule has 2 aromatic carbocycles. The van der Waals surface area contributed by atoms with E-state index in [0.717, 1.165) is 0 Å². The molecular weight excluding hydrogens is 440 g/mol. The van der Waals surface area contributed by atoms with Crippen LogP contribution in [0.1, 0.15) is 18.2 Å². The van der Waals surface area contributed by atoms with Gasteiger partial charge in [0.1, 0.15) is 17.1 Å². The van der Waals surface area contributed by atoms with Crippen molar-refractivity contribution >= 4 is 17.1 Å². The van der Waals surface area contributed by atoms with Crippen molar-refractivity contribution in [3.8, 4) is 23.0 Å². The normalized spacial score (nSPS) is 14.3. The Balaban J connectivity index is 1.62. The number of rotatable bonds is 6. The Hall–Kier alpha value is -3.72. The molecule has 9 nitrogen and oxygen atoms in total. The monoisotopic (exact) mass is 468 g/mol.